The maximum absolute atomic E-state index is 3.83. The van der Waals surface area contributed by atoms with Gasteiger partial charge in [-0.3, -0.25) is 0 Å². The molecule has 0 heterocycles. The van der Waals surface area contributed by atoms with Crippen molar-refractivity contribution in [3.05, 3.63) is 47.9 Å². The van der Waals surface area contributed by atoms with E-state index in [0.717, 1.165) is 12.0 Å². The minimum Gasteiger partial charge on any atom is -0.367 e. The lowest BCUT2D eigenvalue weighted by Crippen LogP contribution is -1.97. The van der Waals surface area contributed by atoms with Crippen LogP contribution in [0.3, 0.4) is 0 Å². The number of nitrogens with one attached hydrogen (secondary N) is 1. The summed E-state index contributed by atoms with van der Waals surface area (Å²) in [5, 5.41) is 3.24. The third kappa shape index (κ3) is 8.10. The van der Waals surface area contributed by atoms with E-state index in [9.17, 15) is 0 Å². The minimum absolute atomic E-state index is 1.07. The van der Waals surface area contributed by atoms with Gasteiger partial charge >= 0.3 is 0 Å². The zero-order chi connectivity index (χ0) is 12.4. The molecule has 0 saturated heterocycles. The first-order valence-electron chi connectivity index (χ1n) is 6.04. The van der Waals surface area contributed by atoms with Gasteiger partial charge in [0.1, 0.15) is 0 Å². The molecule has 90 valence electrons. The van der Waals surface area contributed by atoms with Crippen molar-refractivity contribution in [3.63, 3.8) is 0 Å². The van der Waals surface area contributed by atoms with Crippen molar-refractivity contribution < 1.29 is 0 Å². The van der Waals surface area contributed by atoms with Gasteiger partial charge in [-0.15, -0.1) is 0 Å². The van der Waals surface area contributed by atoms with E-state index in [1.807, 2.05) is 19.2 Å². The second-order valence-electron chi connectivity index (χ2n) is 4.14. The quantitative estimate of drug-likeness (QED) is 0.612. The highest BCUT2D eigenvalue weighted by molar-refractivity contribution is 5.23. The summed E-state index contributed by atoms with van der Waals surface area (Å²) in [6.45, 7) is 12.3. The summed E-state index contributed by atoms with van der Waals surface area (Å²) in [5.41, 5.74) is 3.74. The van der Waals surface area contributed by atoms with Crippen molar-refractivity contribution in [2.24, 2.45) is 0 Å². The smallest absolute Gasteiger partial charge is 0.00339 e. The monoisotopic (exact) mass is 219 g/mol. The molecule has 0 aliphatic rings. The van der Waals surface area contributed by atoms with Crippen LogP contribution in [-0.2, 0) is 0 Å². The second kappa shape index (κ2) is 9.02. The van der Waals surface area contributed by atoms with E-state index in [2.05, 4.69) is 44.9 Å². The molecule has 0 saturated carbocycles. The van der Waals surface area contributed by atoms with Crippen molar-refractivity contribution in [1.82, 2.24) is 5.32 Å². The van der Waals surface area contributed by atoms with Crippen LogP contribution in [0.1, 0.15) is 47.0 Å². The Hall–Kier alpha value is -1.24. The zero-order valence-electron chi connectivity index (χ0n) is 11.1. The van der Waals surface area contributed by atoms with E-state index in [0.29, 0.717) is 0 Å². The third-order valence-corrected chi connectivity index (χ3v) is 2.25. The predicted molar refractivity (Wildman–Crippen MR) is 74.1 cm³/mol. The van der Waals surface area contributed by atoms with Gasteiger partial charge in [-0.2, -0.15) is 0 Å². The Balaban J connectivity index is 4.20. The van der Waals surface area contributed by atoms with Gasteiger partial charge in [0.25, 0.3) is 0 Å². The standard InChI is InChI=1S/C15H25N/c1-6-8-15(7-2)12-16-11-14(5)10-9-13(3)4/h9-12,16H,3,6-8H2,1-2,4-5H3/b10-9-,14-11-,15-12-. The molecule has 1 N–H and O–H groups in total. The second-order valence-corrected chi connectivity index (χ2v) is 4.14. The maximum Gasteiger partial charge on any atom is 0.00339 e. The van der Waals surface area contributed by atoms with Crippen LogP contribution in [-0.4, -0.2) is 0 Å². The molecule has 0 aliphatic carbocycles. The molecule has 0 aromatic rings. The summed E-state index contributed by atoms with van der Waals surface area (Å²) < 4.78 is 0. The highest BCUT2D eigenvalue weighted by Crippen LogP contribution is 2.07. The number of rotatable bonds is 7. The summed E-state index contributed by atoms with van der Waals surface area (Å²) in [4.78, 5) is 0. The fourth-order valence-corrected chi connectivity index (χ4v) is 1.28. The van der Waals surface area contributed by atoms with Crippen LogP contribution in [0.4, 0.5) is 0 Å². The topological polar surface area (TPSA) is 12.0 Å². The van der Waals surface area contributed by atoms with Gasteiger partial charge in [0.15, 0.2) is 0 Å². The molecule has 0 bridgehead atoms. The minimum atomic E-state index is 1.07. The molecular formula is C15H25N. The van der Waals surface area contributed by atoms with Gasteiger partial charge in [-0.25, -0.2) is 0 Å². The van der Waals surface area contributed by atoms with Crippen molar-refractivity contribution in [2.75, 3.05) is 0 Å². The van der Waals surface area contributed by atoms with E-state index in [-0.39, 0.29) is 0 Å². The van der Waals surface area contributed by atoms with Gasteiger partial charge in [-0.05, 0) is 38.5 Å². The molecule has 16 heavy (non-hydrogen) atoms. The Bertz CT molecular complexity index is 293. The third-order valence-electron chi connectivity index (χ3n) is 2.25. The van der Waals surface area contributed by atoms with Crippen LogP contribution < -0.4 is 5.32 Å². The van der Waals surface area contributed by atoms with Crippen LogP contribution in [0.2, 0.25) is 0 Å². The first kappa shape index (κ1) is 14.8. The molecule has 0 amide bonds. The molecule has 0 spiro atoms. The Morgan fingerprint density at radius 3 is 2.31 bits per heavy atom. The molecule has 0 atom stereocenters. The van der Waals surface area contributed by atoms with Gasteiger partial charge < -0.3 is 5.32 Å². The van der Waals surface area contributed by atoms with Gasteiger partial charge in [0.05, 0.1) is 0 Å². The van der Waals surface area contributed by atoms with E-state index in [1.54, 1.807) is 0 Å². The fourth-order valence-electron chi connectivity index (χ4n) is 1.28. The average molecular weight is 219 g/mol. The van der Waals surface area contributed by atoms with Gasteiger partial charge in [0, 0.05) is 6.20 Å². The summed E-state index contributed by atoms with van der Waals surface area (Å²) in [7, 11) is 0. The molecule has 0 radical (unpaired) electrons. The fraction of sp³-hybridized carbons (Fsp3) is 0.467. The lowest BCUT2D eigenvalue weighted by Gasteiger charge is -2.02. The van der Waals surface area contributed by atoms with E-state index in [1.165, 1.54) is 24.0 Å². The highest BCUT2D eigenvalue weighted by atomic mass is 14.8. The van der Waals surface area contributed by atoms with Crippen molar-refractivity contribution >= 4 is 0 Å². The predicted octanol–water partition coefficient (Wildman–Crippen LogP) is 4.71. The zero-order valence-corrected chi connectivity index (χ0v) is 11.1. The first-order valence-corrected chi connectivity index (χ1v) is 6.04. The van der Waals surface area contributed by atoms with Crippen molar-refractivity contribution in [2.45, 2.75) is 47.0 Å². The van der Waals surface area contributed by atoms with Gasteiger partial charge in [0.2, 0.25) is 0 Å². The van der Waals surface area contributed by atoms with E-state index < -0.39 is 0 Å². The first-order chi connectivity index (χ1) is 7.60. The molecule has 1 heteroatoms. The Morgan fingerprint density at radius 1 is 1.12 bits per heavy atom. The van der Waals surface area contributed by atoms with E-state index >= 15 is 0 Å². The lowest BCUT2D eigenvalue weighted by atomic mass is 10.1. The number of allylic oxidation sites excluding steroid dienone is 5. The van der Waals surface area contributed by atoms with Crippen LogP contribution >= 0.6 is 0 Å². The number of hydrogen-bond donors (Lipinski definition) is 1. The Kier molecular flexibility index (Phi) is 8.32. The van der Waals surface area contributed by atoms with Crippen LogP contribution in [0, 0.1) is 0 Å². The number of hydrogen-bond acceptors (Lipinski definition) is 1. The summed E-state index contributed by atoms with van der Waals surface area (Å²) >= 11 is 0. The molecular weight excluding hydrogens is 194 g/mol. The summed E-state index contributed by atoms with van der Waals surface area (Å²) in [5.74, 6) is 0. The molecule has 0 aliphatic heterocycles. The molecule has 0 aromatic carbocycles. The van der Waals surface area contributed by atoms with Crippen LogP contribution in [0.15, 0.2) is 47.9 Å². The van der Waals surface area contributed by atoms with Crippen LogP contribution in [0.25, 0.3) is 0 Å². The Labute approximate surface area is 101 Å². The average Bonchev–Trinajstić information content (AvgIpc) is 2.25. The lowest BCUT2D eigenvalue weighted by molar-refractivity contribution is 0.845. The van der Waals surface area contributed by atoms with Gasteiger partial charge in [-0.1, -0.05) is 50.1 Å². The molecule has 1 nitrogen and oxygen atoms in total. The normalized spacial score (nSPS) is 13.2. The van der Waals surface area contributed by atoms with Crippen LogP contribution in [0.5, 0.6) is 0 Å². The molecule has 0 unspecified atom stereocenters. The SMILES string of the molecule is C=C(C)/C=C\C(C)=C/N/C=C(/CC)CCC. The molecule has 0 aromatic heterocycles. The van der Waals surface area contributed by atoms with E-state index in [4.69, 9.17) is 0 Å². The summed E-state index contributed by atoms with van der Waals surface area (Å²) in [6.07, 6.45) is 11.7. The van der Waals surface area contributed by atoms with Crippen molar-refractivity contribution in [1.29, 1.82) is 0 Å². The molecule has 0 rings (SSSR count). The van der Waals surface area contributed by atoms with Crippen molar-refractivity contribution in [3.8, 4) is 0 Å². The molecule has 0 fully saturated rings. The maximum atomic E-state index is 3.83. The highest BCUT2D eigenvalue weighted by Gasteiger charge is 1.90. The summed E-state index contributed by atoms with van der Waals surface area (Å²) in [6, 6.07) is 0. The largest absolute Gasteiger partial charge is 0.367 e. The Morgan fingerprint density at radius 2 is 1.81 bits per heavy atom.